The predicted octanol–water partition coefficient (Wildman–Crippen LogP) is 2.97. The number of carbonyl (C=O) groups is 1. The predicted molar refractivity (Wildman–Crippen MR) is 90.9 cm³/mol. The van der Waals surface area contributed by atoms with E-state index in [1.54, 1.807) is 26.0 Å². The molecule has 25 heavy (non-hydrogen) atoms. The standard InChI is InChI=1S/C20H26FNO3/c1-19(2,22-3)16-9-8-14(12-17(16)21)10-11-20(25,13-18(23)24)15-6-4-5-7-15/h8-9,12,15,25H,4-7,10-11,13H2,1-2H3,(H,23,24)/p-1. The van der Waals surface area contributed by atoms with Gasteiger partial charge in [-0.25, -0.2) is 11.0 Å². The molecule has 0 spiro atoms. The molecule has 0 radical (unpaired) electrons. The molecule has 1 aromatic rings. The van der Waals surface area contributed by atoms with Gasteiger partial charge in [-0.1, -0.05) is 18.9 Å². The van der Waals surface area contributed by atoms with Crippen molar-refractivity contribution in [3.8, 4) is 0 Å². The van der Waals surface area contributed by atoms with Gasteiger partial charge in [-0.05, 0) is 49.3 Å². The van der Waals surface area contributed by atoms with Crippen molar-refractivity contribution in [1.82, 2.24) is 0 Å². The molecule has 0 saturated heterocycles. The molecule has 2 rings (SSSR count). The highest BCUT2D eigenvalue weighted by molar-refractivity contribution is 5.65. The van der Waals surface area contributed by atoms with Crippen LogP contribution >= 0.6 is 0 Å². The number of aliphatic hydroxyl groups is 1. The van der Waals surface area contributed by atoms with Crippen LogP contribution in [0.1, 0.15) is 63.5 Å². The Labute approximate surface area is 148 Å². The number of nitrogens with zero attached hydrogens (tertiary/aromatic N) is 1. The summed E-state index contributed by atoms with van der Waals surface area (Å²) in [6, 6.07) is 4.74. The van der Waals surface area contributed by atoms with Crippen LogP contribution in [0.25, 0.3) is 4.85 Å². The van der Waals surface area contributed by atoms with E-state index < -0.39 is 22.9 Å². The van der Waals surface area contributed by atoms with Crippen molar-refractivity contribution < 1.29 is 19.4 Å². The van der Waals surface area contributed by atoms with Crippen LogP contribution < -0.4 is 5.11 Å². The number of carbonyl (C=O) groups excluding carboxylic acids is 1. The molecule has 0 bridgehead atoms. The Morgan fingerprint density at radius 3 is 2.56 bits per heavy atom. The highest BCUT2D eigenvalue weighted by Gasteiger charge is 2.38. The third kappa shape index (κ3) is 4.58. The van der Waals surface area contributed by atoms with Crippen molar-refractivity contribution >= 4 is 5.97 Å². The first-order valence-electron chi connectivity index (χ1n) is 8.78. The molecular weight excluding hydrogens is 321 g/mol. The van der Waals surface area contributed by atoms with Crippen molar-refractivity contribution in [2.24, 2.45) is 5.92 Å². The number of rotatable bonds is 7. The third-order valence-corrected chi connectivity index (χ3v) is 5.38. The van der Waals surface area contributed by atoms with Gasteiger partial charge in [-0.2, -0.15) is 0 Å². The summed E-state index contributed by atoms with van der Waals surface area (Å²) >= 11 is 0. The molecule has 0 heterocycles. The minimum absolute atomic E-state index is 0.0458. The summed E-state index contributed by atoms with van der Waals surface area (Å²) in [6.07, 6.45) is 3.88. The molecule has 1 aliphatic carbocycles. The number of hydrogen-bond donors (Lipinski definition) is 1. The minimum Gasteiger partial charge on any atom is -0.550 e. The highest BCUT2D eigenvalue weighted by Crippen LogP contribution is 2.39. The van der Waals surface area contributed by atoms with E-state index in [1.165, 1.54) is 6.07 Å². The zero-order chi connectivity index (χ0) is 18.7. The van der Waals surface area contributed by atoms with Crippen LogP contribution in [-0.4, -0.2) is 16.7 Å². The molecule has 0 aromatic heterocycles. The first kappa shape index (κ1) is 19.4. The molecule has 1 unspecified atom stereocenters. The number of halogens is 1. The molecule has 1 fully saturated rings. The van der Waals surface area contributed by atoms with Crippen LogP contribution in [-0.2, 0) is 16.8 Å². The van der Waals surface area contributed by atoms with Gasteiger partial charge in [0.2, 0.25) is 0 Å². The summed E-state index contributed by atoms with van der Waals surface area (Å²) < 4.78 is 14.4. The summed E-state index contributed by atoms with van der Waals surface area (Å²) in [5, 5.41) is 21.9. The molecule has 0 amide bonds. The number of carboxylic acids is 1. The first-order chi connectivity index (χ1) is 11.7. The molecule has 1 saturated carbocycles. The normalized spacial score (nSPS) is 17.9. The van der Waals surface area contributed by atoms with Gasteiger partial charge in [0, 0.05) is 26.2 Å². The van der Waals surface area contributed by atoms with Gasteiger partial charge in [0.1, 0.15) is 5.82 Å². The van der Waals surface area contributed by atoms with Gasteiger partial charge >= 0.3 is 0 Å². The first-order valence-corrected chi connectivity index (χ1v) is 8.78. The quantitative estimate of drug-likeness (QED) is 0.772. The average molecular weight is 346 g/mol. The SMILES string of the molecule is [C-]#[N+]C(C)(C)c1ccc(CCC(O)(CC(=O)[O-])C2CCCC2)cc1F. The Hall–Kier alpha value is -1.93. The molecule has 1 atom stereocenters. The largest absolute Gasteiger partial charge is 0.550 e. The van der Waals surface area contributed by atoms with Gasteiger partial charge < -0.3 is 19.9 Å². The maximum Gasteiger partial charge on any atom is 0.254 e. The van der Waals surface area contributed by atoms with Crippen LogP contribution in [0.15, 0.2) is 18.2 Å². The van der Waals surface area contributed by atoms with E-state index in [1.807, 2.05) is 0 Å². The van der Waals surface area contributed by atoms with Crippen LogP contribution in [0.2, 0.25) is 0 Å². The van der Waals surface area contributed by atoms with Crippen LogP contribution in [0.5, 0.6) is 0 Å². The molecular formula is C20H25FNO3-. The van der Waals surface area contributed by atoms with Gasteiger partial charge in [-0.3, -0.25) is 0 Å². The molecule has 5 heteroatoms. The van der Waals surface area contributed by atoms with E-state index in [-0.39, 0.29) is 18.8 Å². The Kier molecular flexibility index (Phi) is 5.84. The second-order valence-corrected chi connectivity index (χ2v) is 7.62. The zero-order valence-corrected chi connectivity index (χ0v) is 14.8. The second kappa shape index (κ2) is 7.53. The summed E-state index contributed by atoms with van der Waals surface area (Å²) in [6.45, 7) is 10.5. The summed E-state index contributed by atoms with van der Waals surface area (Å²) in [5.41, 5.74) is -1.20. The summed E-state index contributed by atoms with van der Waals surface area (Å²) in [5.74, 6) is -1.74. The lowest BCUT2D eigenvalue weighted by molar-refractivity contribution is -0.310. The van der Waals surface area contributed by atoms with E-state index in [9.17, 15) is 19.4 Å². The molecule has 1 aliphatic rings. The minimum atomic E-state index is -1.31. The molecule has 1 aromatic carbocycles. The van der Waals surface area contributed by atoms with Crippen molar-refractivity contribution in [3.63, 3.8) is 0 Å². The average Bonchev–Trinajstić information content (AvgIpc) is 3.07. The topological polar surface area (TPSA) is 64.7 Å². The van der Waals surface area contributed by atoms with Crippen molar-refractivity contribution in [3.05, 3.63) is 46.6 Å². The van der Waals surface area contributed by atoms with Gasteiger partial charge in [0.25, 0.3) is 5.54 Å². The Morgan fingerprint density at radius 2 is 2.04 bits per heavy atom. The van der Waals surface area contributed by atoms with E-state index >= 15 is 0 Å². The van der Waals surface area contributed by atoms with Crippen molar-refractivity contribution in [2.75, 3.05) is 0 Å². The van der Waals surface area contributed by atoms with Gasteiger partial charge in [0.05, 0.1) is 11.2 Å². The number of benzene rings is 1. The molecule has 1 N–H and O–H groups in total. The van der Waals surface area contributed by atoms with Crippen molar-refractivity contribution in [1.29, 1.82) is 0 Å². The van der Waals surface area contributed by atoms with Gasteiger partial charge in [-0.15, -0.1) is 0 Å². The third-order valence-electron chi connectivity index (χ3n) is 5.38. The maximum absolute atomic E-state index is 14.4. The maximum atomic E-state index is 14.4. The lowest BCUT2D eigenvalue weighted by atomic mass is 9.79. The monoisotopic (exact) mass is 346 g/mol. The summed E-state index contributed by atoms with van der Waals surface area (Å²) in [7, 11) is 0. The second-order valence-electron chi connectivity index (χ2n) is 7.62. The highest BCUT2D eigenvalue weighted by atomic mass is 19.1. The summed E-state index contributed by atoms with van der Waals surface area (Å²) in [4.78, 5) is 14.5. The van der Waals surface area contributed by atoms with Gasteiger partial charge in [0.15, 0.2) is 0 Å². The number of aryl methyl sites for hydroxylation is 1. The van der Waals surface area contributed by atoms with Crippen LogP contribution in [0.4, 0.5) is 4.39 Å². The van der Waals surface area contributed by atoms with Crippen LogP contribution in [0, 0.1) is 18.3 Å². The van der Waals surface area contributed by atoms with E-state index in [4.69, 9.17) is 6.57 Å². The number of aliphatic carboxylic acids is 1. The fraction of sp³-hybridized carbons (Fsp3) is 0.600. The Balaban J connectivity index is 2.14. The van der Waals surface area contributed by atoms with E-state index in [2.05, 4.69) is 4.85 Å². The molecule has 136 valence electrons. The number of hydrogen-bond acceptors (Lipinski definition) is 3. The Bertz CT molecular complexity index is 674. The lowest BCUT2D eigenvalue weighted by Gasteiger charge is -2.35. The fourth-order valence-electron chi connectivity index (χ4n) is 3.78. The van der Waals surface area contributed by atoms with E-state index in [0.717, 1.165) is 25.7 Å². The lowest BCUT2D eigenvalue weighted by Crippen LogP contribution is -2.43. The van der Waals surface area contributed by atoms with E-state index in [0.29, 0.717) is 17.5 Å². The Morgan fingerprint density at radius 1 is 1.40 bits per heavy atom. The zero-order valence-electron chi connectivity index (χ0n) is 14.8. The van der Waals surface area contributed by atoms with Crippen LogP contribution in [0.3, 0.4) is 0 Å². The molecule has 0 aliphatic heterocycles. The van der Waals surface area contributed by atoms with Crippen molar-refractivity contribution in [2.45, 2.75) is 69.9 Å². The fourth-order valence-corrected chi connectivity index (χ4v) is 3.78. The molecule has 4 nitrogen and oxygen atoms in total. The number of carboxylic acid groups (broad SMARTS) is 1. The smallest absolute Gasteiger partial charge is 0.254 e.